The highest BCUT2D eigenvalue weighted by Gasteiger charge is 2.35. The molecule has 0 aliphatic carbocycles. The van der Waals surface area contributed by atoms with E-state index in [0.717, 1.165) is 16.9 Å². The largest absolute Gasteiger partial charge is 0.369 e. The zero-order valence-electron chi connectivity index (χ0n) is 16.0. The highest BCUT2D eigenvalue weighted by atomic mass is 16.5. The Morgan fingerprint density at radius 2 is 2.04 bits per heavy atom. The predicted octanol–water partition coefficient (Wildman–Crippen LogP) is 0.665. The first-order valence-electron chi connectivity index (χ1n) is 9.14. The molecule has 0 saturated carbocycles. The van der Waals surface area contributed by atoms with E-state index < -0.39 is 0 Å². The van der Waals surface area contributed by atoms with Crippen LogP contribution in [-0.4, -0.2) is 62.0 Å². The molecule has 2 aliphatic rings. The first-order chi connectivity index (χ1) is 12.8. The van der Waals surface area contributed by atoms with Crippen molar-refractivity contribution < 1.29 is 14.3 Å². The molecule has 1 saturated heterocycles. The van der Waals surface area contributed by atoms with E-state index in [4.69, 9.17) is 4.74 Å². The minimum absolute atomic E-state index is 0.0345. The predicted molar refractivity (Wildman–Crippen MR) is 97.3 cm³/mol. The zero-order valence-corrected chi connectivity index (χ0v) is 16.0. The van der Waals surface area contributed by atoms with Gasteiger partial charge in [-0.2, -0.15) is 10.2 Å². The van der Waals surface area contributed by atoms with Crippen molar-refractivity contribution in [3.05, 3.63) is 29.3 Å². The Morgan fingerprint density at radius 3 is 2.70 bits per heavy atom. The van der Waals surface area contributed by atoms with Crippen molar-refractivity contribution in [1.82, 2.24) is 24.5 Å². The Hall–Kier alpha value is -2.68. The maximum Gasteiger partial charge on any atom is 0.275 e. The number of rotatable bonds is 2. The molecule has 4 heterocycles. The van der Waals surface area contributed by atoms with E-state index >= 15 is 0 Å². The lowest BCUT2D eigenvalue weighted by molar-refractivity contribution is -0.120. The van der Waals surface area contributed by atoms with Crippen molar-refractivity contribution in [2.45, 2.75) is 32.5 Å². The van der Waals surface area contributed by atoms with Crippen LogP contribution in [0.2, 0.25) is 0 Å². The normalized spacial score (nSPS) is 22.9. The Morgan fingerprint density at radius 1 is 1.26 bits per heavy atom. The van der Waals surface area contributed by atoms with Gasteiger partial charge in [-0.3, -0.25) is 19.0 Å². The minimum Gasteiger partial charge on any atom is -0.369 e. The molecule has 0 unspecified atom stereocenters. The molecule has 2 aromatic rings. The number of nitrogens with zero attached hydrogens (tertiary/aromatic N) is 6. The summed E-state index contributed by atoms with van der Waals surface area (Å²) >= 11 is 0. The number of aromatic nitrogens is 4. The van der Waals surface area contributed by atoms with Crippen LogP contribution >= 0.6 is 0 Å². The van der Waals surface area contributed by atoms with E-state index in [9.17, 15) is 9.59 Å². The van der Waals surface area contributed by atoms with Gasteiger partial charge in [-0.25, -0.2) is 0 Å². The third-order valence-electron chi connectivity index (χ3n) is 5.22. The molecular formula is C18H24N6O3. The van der Waals surface area contributed by atoms with Crippen LogP contribution in [0.1, 0.15) is 41.7 Å². The standard InChI is InChI=1S/C18H24N6O3/c1-11-7-14-16(20-22(4)17(14)12(2)27-11)18(26)23-5-6-24(15(25)10-23)13-8-19-21(3)9-13/h8-9,11-12H,5-7,10H2,1-4H3/t11-,12+/m1/s1. The average Bonchev–Trinajstić information content (AvgIpc) is 3.17. The summed E-state index contributed by atoms with van der Waals surface area (Å²) in [6.45, 7) is 4.92. The van der Waals surface area contributed by atoms with E-state index in [1.165, 1.54) is 0 Å². The molecule has 0 bridgehead atoms. The van der Waals surface area contributed by atoms with Crippen molar-refractivity contribution in [3.8, 4) is 0 Å². The summed E-state index contributed by atoms with van der Waals surface area (Å²) in [5.74, 6) is -0.301. The van der Waals surface area contributed by atoms with Crippen LogP contribution in [0.3, 0.4) is 0 Å². The molecule has 144 valence electrons. The van der Waals surface area contributed by atoms with Crippen LogP contribution in [0.25, 0.3) is 0 Å². The van der Waals surface area contributed by atoms with Gasteiger partial charge in [0.25, 0.3) is 5.91 Å². The van der Waals surface area contributed by atoms with Crippen molar-refractivity contribution in [1.29, 1.82) is 0 Å². The number of fused-ring (bicyclic) bond motifs is 1. The fourth-order valence-corrected chi connectivity index (χ4v) is 4.03. The number of carbonyl (C=O) groups excluding carboxylic acids is 2. The Labute approximate surface area is 157 Å². The summed E-state index contributed by atoms with van der Waals surface area (Å²) < 4.78 is 9.25. The number of ether oxygens (including phenoxy) is 1. The number of hydrogen-bond acceptors (Lipinski definition) is 5. The molecule has 0 radical (unpaired) electrons. The van der Waals surface area contributed by atoms with Gasteiger partial charge in [0.05, 0.1) is 29.8 Å². The topological polar surface area (TPSA) is 85.5 Å². The van der Waals surface area contributed by atoms with Crippen LogP contribution in [0, 0.1) is 0 Å². The van der Waals surface area contributed by atoms with Crippen LogP contribution in [-0.2, 0) is 30.0 Å². The first kappa shape index (κ1) is 17.7. The summed E-state index contributed by atoms with van der Waals surface area (Å²) in [7, 11) is 3.64. The average molecular weight is 372 g/mol. The molecule has 2 aromatic heterocycles. The van der Waals surface area contributed by atoms with Crippen molar-refractivity contribution in [3.63, 3.8) is 0 Å². The Kier molecular flexibility index (Phi) is 4.26. The third-order valence-corrected chi connectivity index (χ3v) is 5.22. The van der Waals surface area contributed by atoms with Crippen molar-refractivity contribution >= 4 is 17.5 Å². The molecule has 0 N–H and O–H groups in total. The number of piperazine rings is 1. The number of carbonyl (C=O) groups is 2. The number of aryl methyl sites for hydroxylation is 2. The molecule has 0 spiro atoms. The molecule has 27 heavy (non-hydrogen) atoms. The van der Waals surface area contributed by atoms with E-state index in [1.807, 2.05) is 27.9 Å². The van der Waals surface area contributed by atoms with E-state index in [-0.39, 0.29) is 30.6 Å². The SMILES string of the molecule is C[C@@H]1Cc2c(C(=O)N3CCN(c4cnn(C)c4)C(=O)C3)nn(C)c2[C@H](C)O1. The monoisotopic (exact) mass is 372 g/mol. The van der Waals surface area contributed by atoms with Crippen molar-refractivity contribution in [2.75, 3.05) is 24.5 Å². The summed E-state index contributed by atoms with van der Waals surface area (Å²) in [6.07, 6.45) is 4.04. The van der Waals surface area contributed by atoms with Crippen LogP contribution in [0.15, 0.2) is 12.4 Å². The van der Waals surface area contributed by atoms with E-state index in [0.29, 0.717) is 25.2 Å². The lowest BCUT2D eigenvalue weighted by atomic mass is 9.99. The maximum absolute atomic E-state index is 13.1. The molecule has 4 rings (SSSR count). The fourth-order valence-electron chi connectivity index (χ4n) is 4.03. The smallest absolute Gasteiger partial charge is 0.275 e. The summed E-state index contributed by atoms with van der Waals surface area (Å²) in [4.78, 5) is 29.0. The molecule has 2 amide bonds. The van der Waals surface area contributed by atoms with Crippen LogP contribution in [0.5, 0.6) is 0 Å². The minimum atomic E-state index is -0.188. The van der Waals surface area contributed by atoms with Gasteiger partial charge in [0.15, 0.2) is 5.69 Å². The van der Waals surface area contributed by atoms with Gasteiger partial charge < -0.3 is 14.5 Å². The highest BCUT2D eigenvalue weighted by molar-refractivity contribution is 6.01. The second-order valence-corrected chi connectivity index (χ2v) is 7.27. The van der Waals surface area contributed by atoms with Gasteiger partial charge in [0, 0.05) is 45.4 Å². The lowest BCUT2D eigenvalue weighted by Gasteiger charge is -2.33. The maximum atomic E-state index is 13.1. The second kappa shape index (κ2) is 6.49. The first-order valence-corrected chi connectivity index (χ1v) is 9.14. The van der Waals surface area contributed by atoms with E-state index in [1.54, 1.807) is 31.6 Å². The molecule has 9 heteroatoms. The Bertz CT molecular complexity index is 901. The fraction of sp³-hybridized carbons (Fsp3) is 0.556. The van der Waals surface area contributed by atoms with Gasteiger partial charge in [0.1, 0.15) is 6.54 Å². The quantitative estimate of drug-likeness (QED) is 0.773. The van der Waals surface area contributed by atoms with Gasteiger partial charge in [-0.05, 0) is 13.8 Å². The number of anilines is 1. The van der Waals surface area contributed by atoms with Crippen LogP contribution in [0.4, 0.5) is 5.69 Å². The van der Waals surface area contributed by atoms with Gasteiger partial charge in [-0.15, -0.1) is 0 Å². The molecule has 2 atom stereocenters. The lowest BCUT2D eigenvalue weighted by Crippen LogP contribution is -2.52. The Balaban J connectivity index is 1.55. The highest BCUT2D eigenvalue weighted by Crippen LogP contribution is 2.32. The summed E-state index contributed by atoms with van der Waals surface area (Å²) in [5, 5.41) is 8.58. The van der Waals surface area contributed by atoms with Gasteiger partial charge in [0.2, 0.25) is 5.91 Å². The summed E-state index contributed by atoms with van der Waals surface area (Å²) in [5.41, 5.74) is 3.08. The third kappa shape index (κ3) is 3.01. The van der Waals surface area contributed by atoms with Gasteiger partial charge >= 0.3 is 0 Å². The molecule has 9 nitrogen and oxygen atoms in total. The summed E-state index contributed by atoms with van der Waals surface area (Å²) in [6, 6.07) is 0. The number of amides is 2. The van der Waals surface area contributed by atoms with Crippen molar-refractivity contribution in [2.24, 2.45) is 14.1 Å². The number of hydrogen-bond donors (Lipinski definition) is 0. The van der Waals surface area contributed by atoms with Gasteiger partial charge in [-0.1, -0.05) is 0 Å². The van der Waals surface area contributed by atoms with Crippen LogP contribution < -0.4 is 4.90 Å². The molecule has 1 fully saturated rings. The zero-order chi connectivity index (χ0) is 19.3. The molecule has 0 aromatic carbocycles. The molecule has 2 aliphatic heterocycles. The second-order valence-electron chi connectivity index (χ2n) is 7.27. The van der Waals surface area contributed by atoms with E-state index in [2.05, 4.69) is 10.2 Å². The molecular weight excluding hydrogens is 348 g/mol.